The Bertz CT molecular complexity index is 1260. The summed E-state index contributed by atoms with van der Waals surface area (Å²) >= 11 is 0. The van der Waals surface area contributed by atoms with Crippen molar-refractivity contribution >= 4 is 32.8 Å². The molecule has 2 aliphatic heterocycles. The topological polar surface area (TPSA) is 109 Å². The molecule has 0 radical (unpaired) electrons. The molecule has 4 rings (SSSR count). The van der Waals surface area contributed by atoms with E-state index in [1.165, 1.54) is 15.1 Å². The highest BCUT2D eigenvalue weighted by Crippen LogP contribution is 2.27. The molecule has 1 aromatic carbocycles. The first kappa shape index (κ1) is 25.2. The Kier molecular flexibility index (Phi) is 7.46. The maximum atomic E-state index is 13.6. The number of aromatic nitrogens is 1. The van der Waals surface area contributed by atoms with E-state index in [1.807, 2.05) is 0 Å². The van der Waals surface area contributed by atoms with Crippen LogP contribution in [0.4, 0.5) is 4.79 Å². The van der Waals surface area contributed by atoms with Crippen LogP contribution in [0.1, 0.15) is 26.7 Å². The fraction of sp³-hybridized carbons (Fsp3) is 0.542. The molecule has 0 N–H and O–H groups in total. The number of ether oxygens (including phenoxy) is 1. The third-order valence-electron chi connectivity index (χ3n) is 6.78. The van der Waals surface area contributed by atoms with Gasteiger partial charge in [-0.15, -0.1) is 0 Å². The number of benzene rings is 1. The number of pyridine rings is 1. The molecule has 3 heterocycles. The third kappa shape index (κ3) is 5.20. The van der Waals surface area contributed by atoms with Gasteiger partial charge in [0.1, 0.15) is 11.4 Å². The highest BCUT2D eigenvalue weighted by molar-refractivity contribution is 7.89. The standard InChI is InChI=1S/C24H32N4O6S/c1-3-34-24(31)26-14-12-25(13-15-26)22(29)17-27-16-21(19-6-4-5-7-20(19)23(27)30)35(32,33)28-10-8-18(2)9-11-28/h4-7,16,18H,3,8-15,17H2,1-2H3. The average Bonchev–Trinajstić information content (AvgIpc) is 2.86. The molecule has 1 aromatic heterocycles. The fourth-order valence-electron chi connectivity index (χ4n) is 4.60. The lowest BCUT2D eigenvalue weighted by atomic mass is 10.0. The molecule has 0 unspecified atom stereocenters. The molecule has 2 aromatic rings. The van der Waals surface area contributed by atoms with Gasteiger partial charge in [-0.1, -0.05) is 25.1 Å². The van der Waals surface area contributed by atoms with Crippen molar-refractivity contribution in [2.45, 2.75) is 38.1 Å². The number of carbonyl (C=O) groups excluding carboxylic acids is 2. The Morgan fingerprint density at radius 1 is 0.971 bits per heavy atom. The smallest absolute Gasteiger partial charge is 0.409 e. The number of carbonyl (C=O) groups is 2. The summed E-state index contributed by atoms with van der Waals surface area (Å²) in [5.41, 5.74) is -0.412. The zero-order valence-corrected chi connectivity index (χ0v) is 21.0. The van der Waals surface area contributed by atoms with Gasteiger partial charge in [0.05, 0.1) is 6.61 Å². The van der Waals surface area contributed by atoms with E-state index in [4.69, 9.17) is 4.74 Å². The van der Waals surface area contributed by atoms with E-state index in [0.29, 0.717) is 50.6 Å². The first-order valence-electron chi connectivity index (χ1n) is 12.0. The van der Waals surface area contributed by atoms with Gasteiger partial charge >= 0.3 is 6.09 Å². The third-order valence-corrected chi connectivity index (χ3v) is 8.71. The normalized spacial score (nSPS) is 18.1. The quantitative estimate of drug-likeness (QED) is 0.614. The number of piperazine rings is 1. The number of hydrogen-bond acceptors (Lipinski definition) is 6. The molecule has 2 fully saturated rings. The van der Waals surface area contributed by atoms with E-state index >= 15 is 0 Å². The molecule has 2 amide bonds. The molecule has 0 spiro atoms. The molecule has 35 heavy (non-hydrogen) atoms. The van der Waals surface area contributed by atoms with Gasteiger partial charge in [-0.25, -0.2) is 13.2 Å². The van der Waals surface area contributed by atoms with Crippen LogP contribution in [0.5, 0.6) is 0 Å². The van der Waals surface area contributed by atoms with Crippen LogP contribution in [0.3, 0.4) is 0 Å². The Morgan fingerprint density at radius 2 is 1.57 bits per heavy atom. The molecule has 0 aliphatic carbocycles. The summed E-state index contributed by atoms with van der Waals surface area (Å²) in [6.45, 7) is 6.02. The van der Waals surface area contributed by atoms with Crippen molar-refractivity contribution in [3.63, 3.8) is 0 Å². The van der Waals surface area contributed by atoms with Gasteiger partial charge in [-0.05, 0) is 31.7 Å². The number of rotatable bonds is 5. The zero-order valence-electron chi connectivity index (χ0n) is 20.2. The molecular weight excluding hydrogens is 472 g/mol. The first-order chi connectivity index (χ1) is 16.7. The Balaban J connectivity index is 1.59. The second-order valence-electron chi connectivity index (χ2n) is 9.13. The van der Waals surface area contributed by atoms with E-state index in [1.54, 1.807) is 41.0 Å². The average molecular weight is 505 g/mol. The Morgan fingerprint density at radius 3 is 2.20 bits per heavy atom. The zero-order chi connectivity index (χ0) is 25.2. The number of sulfonamides is 1. The Hall–Kier alpha value is -2.92. The second-order valence-corrected chi connectivity index (χ2v) is 11.0. The SMILES string of the molecule is CCOC(=O)N1CCN(C(=O)Cn2cc(S(=O)(=O)N3CCC(C)CC3)c3ccccc3c2=O)CC1. The van der Waals surface area contributed by atoms with Crippen molar-refractivity contribution in [3.05, 3.63) is 40.8 Å². The maximum absolute atomic E-state index is 13.6. The van der Waals surface area contributed by atoms with E-state index < -0.39 is 21.7 Å². The minimum Gasteiger partial charge on any atom is -0.450 e. The van der Waals surface area contributed by atoms with Gasteiger partial charge in [0, 0.05) is 56.2 Å². The van der Waals surface area contributed by atoms with Crippen molar-refractivity contribution in [2.24, 2.45) is 5.92 Å². The highest BCUT2D eigenvalue weighted by Gasteiger charge is 2.31. The second kappa shape index (κ2) is 10.4. The van der Waals surface area contributed by atoms with E-state index in [0.717, 1.165) is 12.8 Å². The van der Waals surface area contributed by atoms with E-state index in [2.05, 4.69) is 6.92 Å². The van der Waals surface area contributed by atoms with Gasteiger partial charge in [0.15, 0.2) is 0 Å². The summed E-state index contributed by atoms with van der Waals surface area (Å²) < 4.78 is 34.8. The van der Waals surface area contributed by atoms with E-state index in [9.17, 15) is 22.8 Å². The van der Waals surface area contributed by atoms with Crippen molar-refractivity contribution < 1.29 is 22.7 Å². The lowest BCUT2D eigenvalue weighted by molar-refractivity contribution is -0.133. The van der Waals surface area contributed by atoms with Crippen molar-refractivity contribution in [1.29, 1.82) is 0 Å². The molecule has 2 saturated heterocycles. The van der Waals surface area contributed by atoms with Crippen LogP contribution in [0.2, 0.25) is 0 Å². The number of hydrogen-bond donors (Lipinski definition) is 0. The lowest BCUT2D eigenvalue weighted by Gasteiger charge is -2.34. The molecule has 190 valence electrons. The maximum Gasteiger partial charge on any atom is 0.409 e. The van der Waals surface area contributed by atoms with Crippen LogP contribution >= 0.6 is 0 Å². The predicted molar refractivity (Wildman–Crippen MR) is 131 cm³/mol. The van der Waals surface area contributed by atoms with Gasteiger partial charge in [-0.3, -0.25) is 9.59 Å². The highest BCUT2D eigenvalue weighted by atomic mass is 32.2. The minimum absolute atomic E-state index is 0.0437. The first-order valence-corrected chi connectivity index (χ1v) is 13.5. The van der Waals surface area contributed by atoms with Gasteiger partial charge in [0.2, 0.25) is 15.9 Å². The van der Waals surface area contributed by atoms with Gasteiger partial charge in [0.25, 0.3) is 5.56 Å². The summed E-state index contributed by atoms with van der Waals surface area (Å²) in [6.07, 6.45) is 2.47. The van der Waals surface area contributed by atoms with Crippen molar-refractivity contribution in [3.8, 4) is 0 Å². The predicted octanol–water partition coefficient (Wildman–Crippen LogP) is 1.72. The van der Waals surface area contributed by atoms with Crippen LogP contribution in [-0.2, 0) is 26.1 Å². The minimum atomic E-state index is -3.84. The molecule has 0 saturated carbocycles. The summed E-state index contributed by atoms with van der Waals surface area (Å²) in [7, 11) is -3.84. The monoisotopic (exact) mass is 504 g/mol. The van der Waals surface area contributed by atoms with Crippen LogP contribution in [0.25, 0.3) is 10.8 Å². The number of piperidine rings is 1. The molecule has 0 atom stereocenters. The summed E-state index contributed by atoms with van der Waals surface area (Å²) in [4.78, 5) is 41.3. The van der Waals surface area contributed by atoms with Crippen molar-refractivity contribution in [2.75, 3.05) is 45.9 Å². The van der Waals surface area contributed by atoms with Crippen LogP contribution in [0, 0.1) is 5.92 Å². The summed E-state index contributed by atoms with van der Waals surface area (Å²) in [5, 5.41) is 0.627. The number of amides is 2. The van der Waals surface area contributed by atoms with Crippen molar-refractivity contribution in [1.82, 2.24) is 18.7 Å². The van der Waals surface area contributed by atoms with Crippen LogP contribution < -0.4 is 5.56 Å². The van der Waals surface area contributed by atoms with Crippen LogP contribution in [-0.4, -0.2) is 85.0 Å². The molecule has 2 aliphatic rings. The number of fused-ring (bicyclic) bond motifs is 1. The van der Waals surface area contributed by atoms with Crippen LogP contribution in [0.15, 0.2) is 40.2 Å². The molecule has 11 heteroatoms. The number of nitrogens with zero attached hydrogens (tertiary/aromatic N) is 4. The Labute approximate surface area is 205 Å². The fourth-order valence-corrected chi connectivity index (χ4v) is 6.28. The summed E-state index contributed by atoms with van der Waals surface area (Å²) in [5.74, 6) is 0.162. The lowest BCUT2D eigenvalue weighted by Crippen LogP contribution is -2.51. The van der Waals surface area contributed by atoms with E-state index in [-0.39, 0.29) is 29.3 Å². The molecular formula is C24H32N4O6S. The van der Waals surface area contributed by atoms with Gasteiger partial charge in [-0.2, -0.15) is 4.31 Å². The largest absolute Gasteiger partial charge is 0.450 e. The molecule has 10 nitrogen and oxygen atoms in total. The molecule has 0 bridgehead atoms. The van der Waals surface area contributed by atoms with Gasteiger partial charge < -0.3 is 19.1 Å². The summed E-state index contributed by atoms with van der Waals surface area (Å²) in [6, 6.07) is 6.62.